The highest BCUT2D eigenvalue weighted by Crippen LogP contribution is 2.28. The normalized spacial score (nSPS) is 15.9. The van der Waals surface area contributed by atoms with Crippen LogP contribution in [0.4, 0.5) is 0 Å². The number of aryl methyl sites for hydroxylation is 1. The van der Waals surface area contributed by atoms with Gasteiger partial charge in [-0.25, -0.2) is 14.6 Å². The van der Waals surface area contributed by atoms with Crippen molar-refractivity contribution in [2.45, 2.75) is 77.3 Å². The van der Waals surface area contributed by atoms with Crippen molar-refractivity contribution < 1.29 is 33.2 Å². The fourth-order valence-electron chi connectivity index (χ4n) is 7.26. The zero-order valence-corrected chi connectivity index (χ0v) is 31.6. The molecule has 0 radical (unpaired) electrons. The second-order valence-corrected chi connectivity index (χ2v) is 14.0. The number of methoxy groups -OCH3 is 1. The molecule has 0 spiro atoms. The minimum absolute atomic E-state index is 0.134. The molecule has 292 valence electrons. The molecule has 2 aliphatic carbocycles. The molecule has 3 aromatic rings. The Balaban J connectivity index is 1.12. The van der Waals surface area contributed by atoms with Crippen molar-refractivity contribution in [1.82, 2.24) is 18.7 Å². The number of benzene rings is 1. The molecule has 0 unspecified atom stereocenters. The van der Waals surface area contributed by atoms with Gasteiger partial charge in [0.15, 0.2) is 11.2 Å². The Kier molecular flexibility index (Phi) is 16.8. The number of nitrogens with zero attached hydrogens (tertiary/aromatic N) is 4. The second-order valence-electron chi connectivity index (χ2n) is 14.0. The van der Waals surface area contributed by atoms with Gasteiger partial charge >= 0.3 is 11.7 Å². The zero-order chi connectivity index (χ0) is 37.3. The summed E-state index contributed by atoms with van der Waals surface area (Å²) in [6.45, 7) is 5.36. The number of esters is 1. The van der Waals surface area contributed by atoms with Crippen molar-refractivity contribution in [2.24, 2.45) is 18.9 Å². The summed E-state index contributed by atoms with van der Waals surface area (Å²) >= 11 is 0. The zero-order valence-electron chi connectivity index (χ0n) is 31.6. The minimum Gasteiger partial charge on any atom is -0.460 e. The smallest absolute Gasteiger partial charge is 0.332 e. The Morgan fingerprint density at radius 2 is 1.23 bits per heavy atom. The first-order chi connectivity index (χ1) is 26.0. The maximum atomic E-state index is 14.0. The molecule has 13 heteroatoms. The minimum atomic E-state index is -0.465. The van der Waals surface area contributed by atoms with Crippen molar-refractivity contribution in [3.05, 3.63) is 56.7 Å². The third kappa shape index (κ3) is 12.2. The molecule has 0 N–H and O–H groups in total. The molecule has 53 heavy (non-hydrogen) atoms. The number of hydrogen-bond donors (Lipinski definition) is 0. The van der Waals surface area contributed by atoms with Gasteiger partial charge in [-0.1, -0.05) is 62.8 Å². The van der Waals surface area contributed by atoms with Crippen molar-refractivity contribution >= 4 is 23.2 Å². The van der Waals surface area contributed by atoms with E-state index in [0.717, 1.165) is 49.7 Å². The highest BCUT2D eigenvalue weighted by Gasteiger charge is 2.25. The Bertz CT molecular complexity index is 1700. The molecule has 2 fully saturated rings. The van der Waals surface area contributed by atoms with E-state index in [0.29, 0.717) is 94.8 Å². The first-order valence-electron chi connectivity index (χ1n) is 19.4. The summed E-state index contributed by atoms with van der Waals surface area (Å²) in [6, 6.07) is 7.61. The molecular formula is C40H58N4O9. The molecule has 2 aromatic heterocycles. The largest absolute Gasteiger partial charge is 0.460 e. The maximum Gasteiger partial charge on any atom is 0.332 e. The molecule has 0 bridgehead atoms. The first-order valence-corrected chi connectivity index (χ1v) is 19.4. The number of carbonyl (C=O) groups excluding carboxylic acids is 1. The van der Waals surface area contributed by atoms with E-state index in [9.17, 15) is 14.4 Å². The van der Waals surface area contributed by atoms with Crippen molar-refractivity contribution in [3.8, 4) is 11.4 Å². The van der Waals surface area contributed by atoms with Gasteiger partial charge < -0.3 is 33.0 Å². The van der Waals surface area contributed by atoms with Crippen LogP contribution in [-0.4, -0.2) is 97.8 Å². The lowest BCUT2D eigenvalue weighted by Crippen LogP contribution is -2.43. The van der Waals surface area contributed by atoms with E-state index in [1.54, 1.807) is 17.8 Å². The monoisotopic (exact) mass is 738 g/mol. The van der Waals surface area contributed by atoms with E-state index < -0.39 is 5.97 Å². The topological polar surface area (TPSA) is 134 Å². The predicted octanol–water partition coefficient (Wildman–Crippen LogP) is 4.99. The van der Waals surface area contributed by atoms with Crippen LogP contribution in [0.15, 0.2) is 39.9 Å². The van der Waals surface area contributed by atoms with Crippen LogP contribution in [0.25, 0.3) is 28.6 Å². The van der Waals surface area contributed by atoms with Gasteiger partial charge in [0.2, 0.25) is 0 Å². The Labute approximate surface area is 312 Å². The number of imidazole rings is 1. The highest BCUT2D eigenvalue weighted by atomic mass is 16.6. The van der Waals surface area contributed by atoms with Crippen LogP contribution in [0, 0.1) is 11.8 Å². The molecule has 0 amide bonds. The van der Waals surface area contributed by atoms with Crippen LogP contribution in [-0.2, 0) is 53.4 Å². The average molecular weight is 739 g/mol. The van der Waals surface area contributed by atoms with Crippen LogP contribution >= 0.6 is 0 Å². The standard InChI is InChI=1S/C40H58N4O9/c1-42-36-38(43(29-32-9-5-3-6-10-32)40(47)44(39(36)46)30-33-11-7-4-8-12-33)41-37(42)34-16-13-31(14-17-34)15-18-35(45)53-28-27-52-26-25-51-24-23-50-22-21-49-20-19-48-2/h13-18,32-33H,3-12,19-30H2,1-2H3/b18-15+. The molecule has 2 aliphatic rings. The molecule has 2 saturated carbocycles. The van der Waals surface area contributed by atoms with Gasteiger partial charge in [0.25, 0.3) is 5.56 Å². The van der Waals surface area contributed by atoms with E-state index in [-0.39, 0.29) is 24.5 Å². The van der Waals surface area contributed by atoms with Gasteiger partial charge in [-0.05, 0) is 49.2 Å². The van der Waals surface area contributed by atoms with E-state index in [1.165, 1.54) is 36.3 Å². The van der Waals surface area contributed by atoms with Crippen LogP contribution in [0.2, 0.25) is 0 Å². The summed E-state index contributed by atoms with van der Waals surface area (Å²) in [5.74, 6) is 0.907. The van der Waals surface area contributed by atoms with Gasteiger partial charge in [0, 0.05) is 38.9 Å². The summed E-state index contributed by atoms with van der Waals surface area (Å²) in [5.41, 5.74) is 2.07. The van der Waals surface area contributed by atoms with Crippen LogP contribution in [0.5, 0.6) is 0 Å². The van der Waals surface area contributed by atoms with Gasteiger partial charge in [-0.2, -0.15) is 0 Å². The Hall–Kier alpha value is -3.62. The van der Waals surface area contributed by atoms with Gasteiger partial charge in [0.05, 0.1) is 59.5 Å². The second kappa shape index (κ2) is 21.9. The molecule has 0 atom stereocenters. The van der Waals surface area contributed by atoms with Crippen molar-refractivity contribution in [3.63, 3.8) is 0 Å². The molecule has 13 nitrogen and oxygen atoms in total. The predicted molar refractivity (Wildman–Crippen MR) is 203 cm³/mol. The Morgan fingerprint density at radius 1 is 0.717 bits per heavy atom. The van der Waals surface area contributed by atoms with E-state index in [4.69, 9.17) is 33.4 Å². The van der Waals surface area contributed by atoms with E-state index in [2.05, 4.69) is 0 Å². The van der Waals surface area contributed by atoms with Crippen molar-refractivity contribution in [2.75, 3.05) is 73.2 Å². The molecule has 5 rings (SSSR count). The number of fused-ring (bicyclic) bond motifs is 1. The van der Waals surface area contributed by atoms with Gasteiger partial charge in [0.1, 0.15) is 12.4 Å². The lowest BCUT2D eigenvalue weighted by atomic mass is 9.89. The van der Waals surface area contributed by atoms with E-state index >= 15 is 0 Å². The summed E-state index contributed by atoms with van der Waals surface area (Å²) < 4.78 is 36.9. The highest BCUT2D eigenvalue weighted by molar-refractivity contribution is 5.87. The fourth-order valence-corrected chi connectivity index (χ4v) is 7.26. The summed E-state index contributed by atoms with van der Waals surface area (Å²) in [4.78, 5) is 45.2. The van der Waals surface area contributed by atoms with Crippen LogP contribution in [0.1, 0.15) is 69.8 Å². The number of ether oxygens (including phenoxy) is 6. The van der Waals surface area contributed by atoms with Gasteiger partial charge in [-0.3, -0.25) is 13.9 Å². The van der Waals surface area contributed by atoms with Crippen LogP contribution in [0.3, 0.4) is 0 Å². The first kappa shape index (κ1) is 40.6. The molecule has 2 heterocycles. The molecule has 0 saturated heterocycles. The molecule has 1 aromatic carbocycles. The number of carbonyl (C=O) groups is 1. The summed E-state index contributed by atoms with van der Waals surface area (Å²) in [5, 5.41) is 0. The lowest BCUT2D eigenvalue weighted by Gasteiger charge is -2.24. The third-order valence-electron chi connectivity index (χ3n) is 10.2. The Morgan fingerprint density at radius 3 is 1.77 bits per heavy atom. The number of hydrogen-bond acceptors (Lipinski definition) is 10. The van der Waals surface area contributed by atoms with E-state index in [1.807, 2.05) is 35.9 Å². The quantitative estimate of drug-likeness (QED) is 0.0789. The molecule has 0 aliphatic heterocycles. The van der Waals surface area contributed by atoms with Crippen LogP contribution < -0.4 is 11.2 Å². The summed E-state index contributed by atoms with van der Waals surface area (Å²) in [7, 11) is 3.49. The number of aromatic nitrogens is 4. The van der Waals surface area contributed by atoms with Gasteiger partial charge in [-0.15, -0.1) is 0 Å². The van der Waals surface area contributed by atoms with Crippen molar-refractivity contribution in [1.29, 1.82) is 0 Å². The third-order valence-corrected chi connectivity index (χ3v) is 10.2. The molecular weight excluding hydrogens is 680 g/mol. The maximum absolute atomic E-state index is 14.0. The lowest BCUT2D eigenvalue weighted by molar-refractivity contribution is -0.139. The average Bonchev–Trinajstić information content (AvgIpc) is 3.53. The fraction of sp³-hybridized carbons (Fsp3) is 0.650. The SMILES string of the molecule is COCCOCCOCCOCCOCCOC(=O)/C=C/c1ccc(-c2nc3c(c(=O)n(CC4CCCCC4)c(=O)n3CC3CCCCC3)n2C)cc1. The number of rotatable bonds is 22. The summed E-state index contributed by atoms with van der Waals surface area (Å²) in [6.07, 6.45) is 14.5.